The summed E-state index contributed by atoms with van der Waals surface area (Å²) in [5.74, 6) is -0.176. The van der Waals surface area contributed by atoms with Crippen molar-refractivity contribution < 1.29 is 9.59 Å². The molecule has 4 nitrogen and oxygen atoms in total. The van der Waals surface area contributed by atoms with Crippen molar-refractivity contribution in [1.29, 1.82) is 0 Å². The Kier molecular flexibility index (Phi) is 4.55. The average molecular weight is 260 g/mol. The number of carbonyl (C=O) groups excluding carboxylic acids is 2. The predicted octanol–water partition coefficient (Wildman–Crippen LogP) is 2.27. The highest BCUT2D eigenvalue weighted by Crippen LogP contribution is 2.20. The fourth-order valence-corrected chi connectivity index (χ4v) is 2.28. The van der Waals surface area contributed by atoms with E-state index in [1.165, 1.54) is 0 Å². The maximum absolute atomic E-state index is 12.1. The van der Waals surface area contributed by atoms with Crippen LogP contribution in [0.15, 0.2) is 30.3 Å². The quantitative estimate of drug-likeness (QED) is 0.883. The van der Waals surface area contributed by atoms with Gasteiger partial charge in [0, 0.05) is 25.2 Å². The summed E-state index contributed by atoms with van der Waals surface area (Å²) in [4.78, 5) is 25.7. The van der Waals surface area contributed by atoms with Gasteiger partial charge in [0.15, 0.2) is 0 Å². The molecule has 1 aliphatic heterocycles. The van der Waals surface area contributed by atoms with Gasteiger partial charge in [-0.3, -0.25) is 9.59 Å². The molecule has 1 aromatic rings. The van der Waals surface area contributed by atoms with Crippen LogP contribution in [0.25, 0.3) is 0 Å². The summed E-state index contributed by atoms with van der Waals surface area (Å²) >= 11 is 0. The van der Waals surface area contributed by atoms with Crippen molar-refractivity contribution in [3.63, 3.8) is 0 Å². The molecule has 0 bridgehead atoms. The number of unbranched alkanes of at least 4 members (excludes halogenated alkanes) is 1. The highest BCUT2D eigenvalue weighted by molar-refractivity contribution is 5.97. The lowest BCUT2D eigenvalue weighted by Crippen LogP contribution is -2.29. The first-order valence-corrected chi connectivity index (χ1v) is 6.84. The Morgan fingerprint density at radius 2 is 2.11 bits per heavy atom. The summed E-state index contributed by atoms with van der Waals surface area (Å²) in [6, 6.07) is 9.36. The molecule has 1 atom stereocenters. The molecule has 1 saturated heterocycles. The molecule has 4 heteroatoms. The van der Waals surface area contributed by atoms with E-state index in [0.29, 0.717) is 13.0 Å². The van der Waals surface area contributed by atoms with Crippen LogP contribution >= 0.6 is 0 Å². The molecule has 1 heterocycles. The average Bonchev–Trinajstić information content (AvgIpc) is 2.79. The molecule has 0 aromatic heterocycles. The minimum atomic E-state index is -0.218. The number of likely N-dealkylation sites (tertiary alicyclic amines) is 1. The third-order valence-electron chi connectivity index (χ3n) is 3.41. The van der Waals surface area contributed by atoms with E-state index in [1.807, 2.05) is 30.3 Å². The Morgan fingerprint density at radius 1 is 1.37 bits per heavy atom. The molecule has 1 N–H and O–H groups in total. The molecule has 0 aliphatic carbocycles. The molecule has 1 fully saturated rings. The van der Waals surface area contributed by atoms with Gasteiger partial charge >= 0.3 is 0 Å². The molecule has 2 rings (SSSR count). The van der Waals surface area contributed by atoms with Gasteiger partial charge in [-0.25, -0.2) is 0 Å². The van der Waals surface area contributed by atoms with E-state index >= 15 is 0 Å². The Balaban J connectivity index is 1.89. The molecule has 102 valence electrons. The second kappa shape index (κ2) is 6.36. The van der Waals surface area contributed by atoms with Crippen LogP contribution in [0.3, 0.4) is 0 Å². The molecule has 1 unspecified atom stereocenters. The first-order chi connectivity index (χ1) is 9.20. The lowest BCUT2D eigenvalue weighted by molar-refractivity contribution is -0.128. The van der Waals surface area contributed by atoms with Crippen molar-refractivity contribution in [2.45, 2.75) is 26.2 Å². The summed E-state index contributed by atoms with van der Waals surface area (Å²) in [7, 11) is 0. The number of anilines is 1. The van der Waals surface area contributed by atoms with Crippen molar-refractivity contribution in [2.24, 2.45) is 5.92 Å². The zero-order chi connectivity index (χ0) is 13.7. The lowest BCUT2D eigenvalue weighted by Gasteiger charge is -2.15. The smallest absolute Gasteiger partial charge is 0.229 e. The highest BCUT2D eigenvalue weighted by Gasteiger charge is 2.33. The van der Waals surface area contributed by atoms with Gasteiger partial charge in [0.05, 0.1) is 5.92 Å². The van der Waals surface area contributed by atoms with Gasteiger partial charge in [0.2, 0.25) is 11.8 Å². The second-order valence-corrected chi connectivity index (χ2v) is 4.95. The van der Waals surface area contributed by atoms with Gasteiger partial charge < -0.3 is 10.2 Å². The number of rotatable bonds is 5. The van der Waals surface area contributed by atoms with Gasteiger partial charge in [-0.2, -0.15) is 0 Å². The number of carbonyl (C=O) groups is 2. The van der Waals surface area contributed by atoms with Crippen LogP contribution in [0.5, 0.6) is 0 Å². The van der Waals surface area contributed by atoms with Gasteiger partial charge in [0.25, 0.3) is 0 Å². The zero-order valence-electron chi connectivity index (χ0n) is 11.3. The maximum atomic E-state index is 12.1. The second-order valence-electron chi connectivity index (χ2n) is 4.95. The third kappa shape index (κ3) is 3.56. The van der Waals surface area contributed by atoms with Crippen molar-refractivity contribution >= 4 is 17.5 Å². The molecule has 19 heavy (non-hydrogen) atoms. The first kappa shape index (κ1) is 13.6. The number of amides is 2. The van der Waals surface area contributed by atoms with Crippen molar-refractivity contribution in [2.75, 3.05) is 18.4 Å². The normalized spacial score (nSPS) is 18.7. The number of hydrogen-bond donors (Lipinski definition) is 1. The SMILES string of the molecule is CCCCN1CC(C(=O)Nc2ccccc2)CC1=O. The van der Waals surface area contributed by atoms with E-state index in [1.54, 1.807) is 4.90 Å². The van der Waals surface area contributed by atoms with Crippen LogP contribution in [0.2, 0.25) is 0 Å². The van der Waals surface area contributed by atoms with E-state index in [2.05, 4.69) is 12.2 Å². The summed E-state index contributed by atoms with van der Waals surface area (Å²) in [5, 5.41) is 2.86. The fraction of sp³-hybridized carbons (Fsp3) is 0.467. The van der Waals surface area contributed by atoms with Crippen LogP contribution < -0.4 is 5.32 Å². The minimum Gasteiger partial charge on any atom is -0.342 e. The number of para-hydroxylation sites is 1. The number of hydrogen-bond acceptors (Lipinski definition) is 2. The summed E-state index contributed by atoms with van der Waals surface area (Å²) in [6.45, 7) is 3.42. The van der Waals surface area contributed by atoms with E-state index in [4.69, 9.17) is 0 Å². The van der Waals surface area contributed by atoms with Crippen LogP contribution in [-0.2, 0) is 9.59 Å². The van der Waals surface area contributed by atoms with Crippen molar-refractivity contribution in [3.05, 3.63) is 30.3 Å². The molecule has 0 radical (unpaired) electrons. The van der Waals surface area contributed by atoms with Crippen molar-refractivity contribution in [1.82, 2.24) is 4.90 Å². The van der Waals surface area contributed by atoms with Gasteiger partial charge in [-0.15, -0.1) is 0 Å². The van der Waals surface area contributed by atoms with Crippen molar-refractivity contribution in [3.8, 4) is 0 Å². The standard InChI is InChI=1S/C15H20N2O2/c1-2-3-9-17-11-12(10-14(17)18)15(19)16-13-7-5-4-6-8-13/h4-8,12H,2-3,9-11H2,1H3,(H,16,19). The molecule has 0 saturated carbocycles. The largest absolute Gasteiger partial charge is 0.342 e. The van der Waals surface area contributed by atoms with Crippen LogP contribution in [0.4, 0.5) is 5.69 Å². The van der Waals surface area contributed by atoms with Crippen LogP contribution in [-0.4, -0.2) is 29.8 Å². The lowest BCUT2D eigenvalue weighted by atomic mass is 10.1. The Hall–Kier alpha value is -1.84. The number of benzene rings is 1. The first-order valence-electron chi connectivity index (χ1n) is 6.84. The predicted molar refractivity (Wildman–Crippen MR) is 74.7 cm³/mol. The number of nitrogens with one attached hydrogen (secondary N) is 1. The molecule has 1 aromatic carbocycles. The van der Waals surface area contributed by atoms with E-state index in [9.17, 15) is 9.59 Å². The van der Waals surface area contributed by atoms with E-state index in [0.717, 1.165) is 25.1 Å². The van der Waals surface area contributed by atoms with E-state index < -0.39 is 0 Å². The molecule has 1 aliphatic rings. The maximum Gasteiger partial charge on any atom is 0.229 e. The van der Waals surface area contributed by atoms with E-state index in [-0.39, 0.29) is 17.7 Å². The summed E-state index contributed by atoms with van der Waals surface area (Å²) in [6.07, 6.45) is 2.39. The minimum absolute atomic E-state index is 0.0569. The molecule has 2 amide bonds. The molecular weight excluding hydrogens is 240 g/mol. The van der Waals surface area contributed by atoms with Gasteiger partial charge in [-0.1, -0.05) is 31.5 Å². The number of nitrogens with zero attached hydrogens (tertiary/aromatic N) is 1. The molecular formula is C15H20N2O2. The fourth-order valence-electron chi connectivity index (χ4n) is 2.28. The van der Waals surface area contributed by atoms with Gasteiger partial charge in [0.1, 0.15) is 0 Å². The van der Waals surface area contributed by atoms with Crippen LogP contribution in [0.1, 0.15) is 26.2 Å². The third-order valence-corrected chi connectivity index (χ3v) is 3.41. The highest BCUT2D eigenvalue weighted by atomic mass is 16.2. The Bertz CT molecular complexity index is 445. The van der Waals surface area contributed by atoms with Crippen LogP contribution in [0, 0.1) is 5.92 Å². The monoisotopic (exact) mass is 260 g/mol. The Labute approximate surface area is 113 Å². The topological polar surface area (TPSA) is 49.4 Å². The Morgan fingerprint density at radius 3 is 2.79 bits per heavy atom. The summed E-state index contributed by atoms with van der Waals surface area (Å²) in [5.41, 5.74) is 0.784. The summed E-state index contributed by atoms with van der Waals surface area (Å²) < 4.78 is 0. The molecule has 0 spiro atoms. The van der Waals surface area contributed by atoms with Gasteiger partial charge in [-0.05, 0) is 18.6 Å². The zero-order valence-corrected chi connectivity index (χ0v) is 11.3.